The molecule has 1 aromatic rings. The Morgan fingerprint density at radius 1 is 1.05 bits per heavy atom. The van der Waals surface area contributed by atoms with Crippen LogP contribution in [0.3, 0.4) is 0 Å². The van der Waals surface area contributed by atoms with E-state index in [0.29, 0.717) is 6.54 Å². The van der Waals surface area contributed by atoms with Crippen LogP contribution in [0.5, 0.6) is 0 Å². The summed E-state index contributed by atoms with van der Waals surface area (Å²) in [5.41, 5.74) is 7.97. The lowest BCUT2D eigenvalue weighted by Crippen LogP contribution is -2.29. The molecule has 0 saturated heterocycles. The number of carbonyl (C=O) groups is 1. The minimum Gasteiger partial charge on any atom is -0.481 e. The zero-order valence-electron chi connectivity index (χ0n) is 14.0. The van der Waals surface area contributed by atoms with Gasteiger partial charge in [0.2, 0.25) is 0 Å². The highest BCUT2D eigenvalue weighted by Crippen LogP contribution is 2.31. The highest BCUT2D eigenvalue weighted by atomic mass is 16.4. The molecular weight excluding hydrogens is 262 g/mol. The lowest BCUT2D eigenvalue weighted by molar-refractivity contribution is -0.142. The summed E-state index contributed by atoms with van der Waals surface area (Å²) in [6.07, 6.45) is 2.98. The molecule has 0 bridgehead atoms. The maximum Gasteiger partial charge on any atom is 0.313 e. The molecule has 0 aliphatic rings. The van der Waals surface area contributed by atoms with Crippen LogP contribution in [0, 0.1) is 0 Å². The molecular formula is C18H29NO2. The van der Waals surface area contributed by atoms with E-state index in [4.69, 9.17) is 5.73 Å². The summed E-state index contributed by atoms with van der Waals surface area (Å²) in [5, 5.41) is 9.48. The summed E-state index contributed by atoms with van der Waals surface area (Å²) < 4.78 is 0. The number of carboxylic acids is 1. The lowest BCUT2D eigenvalue weighted by Gasteiger charge is -2.26. The maximum atomic E-state index is 11.5. The molecule has 1 rings (SSSR count). The van der Waals surface area contributed by atoms with E-state index in [2.05, 4.69) is 26.8 Å². The summed E-state index contributed by atoms with van der Waals surface area (Å²) in [4.78, 5) is 11.5. The Balaban J connectivity index is 3.25. The van der Waals surface area contributed by atoms with Crippen molar-refractivity contribution in [1.29, 1.82) is 0 Å². The van der Waals surface area contributed by atoms with Crippen LogP contribution >= 0.6 is 0 Å². The fourth-order valence-corrected chi connectivity index (χ4v) is 2.23. The van der Waals surface area contributed by atoms with Crippen molar-refractivity contribution in [2.24, 2.45) is 5.73 Å². The van der Waals surface area contributed by atoms with Crippen LogP contribution < -0.4 is 5.73 Å². The Morgan fingerprint density at radius 2 is 1.62 bits per heavy atom. The van der Waals surface area contributed by atoms with Crippen molar-refractivity contribution >= 4 is 5.97 Å². The van der Waals surface area contributed by atoms with Gasteiger partial charge in [0.15, 0.2) is 0 Å². The Labute approximate surface area is 128 Å². The van der Waals surface area contributed by atoms with Gasteiger partial charge in [0.05, 0.1) is 5.41 Å². The van der Waals surface area contributed by atoms with Crippen molar-refractivity contribution in [2.45, 2.75) is 64.7 Å². The van der Waals surface area contributed by atoms with Crippen LogP contribution in [-0.4, -0.2) is 17.6 Å². The number of hydrogen-bond acceptors (Lipinski definition) is 2. The van der Waals surface area contributed by atoms with E-state index in [1.807, 2.05) is 12.1 Å². The molecule has 1 aromatic carbocycles. The van der Waals surface area contributed by atoms with Crippen molar-refractivity contribution in [2.75, 3.05) is 6.54 Å². The summed E-state index contributed by atoms with van der Waals surface area (Å²) >= 11 is 0. The fraction of sp³-hybridized carbons (Fsp3) is 0.611. The van der Waals surface area contributed by atoms with Gasteiger partial charge in [-0.1, -0.05) is 39.0 Å². The first kappa shape index (κ1) is 17.7. The molecule has 0 unspecified atom stereocenters. The van der Waals surface area contributed by atoms with Crippen molar-refractivity contribution in [3.05, 3.63) is 34.9 Å². The highest BCUT2D eigenvalue weighted by molar-refractivity contribution is 5.80. The second-order valence-electron chi connectivity index (χ2n) is 7.34. The minimum absolute atomic E-state index is 0.00715. The average Bonchev–Trinajstić information content (AvgIpc) is 2.37. The van der Waals surface area contributed by atoms with Gasteiger partial charge in [-0.25, -0.2) is 0 Å². The second kappa shape index (κ2) is 6.61. The smallest absolute Gasteiger partial charge is 0.313 e. The zero-order valence-corrected chi connectivity index (χ0v) is 14.0. The Hall–Kier alpha value is -1.35. The normalized spacial score (nSPS) is 12.5. The molecule has 0 atom stereocenters. The number of unbranched alkanes of at least 4 members (excludes halogenated alkanes) is 1. The third-order valence-corrected chi connectivity index (χ3v) is 4.03. The van der Waals surface area contributed by atoms with Gasteiger partial charge in [0.25, 0.3) is 0 Å². The monoisotopic (exact) mass is 291 g/mol. The molecule has 0 amide bonds. The van der Waals surface area contributed by atoms with Gasteiger partial charge in [-0.05, 0) is 61.8 Å². The number of benzene rings is 1. The largest absolute Gasteiger partial charge is 0.481 e. The molecule has 0 aliphatic heterocycles. The quantitative estimate of drug-likeness (QED) is 0.787. The number of hydrogen-bond donors (Lipinski definition) is 2. The van der Waals surface area contributed by atoms with Crippen LogP contribution in [-0.2, 0) is 22.0 Å². The van der Waals surface area contributed by atoms with E-state index in [0.717, 1.165) is 24.8 Å². The van der Waals surface area contributed by atoms with E-state index >= 15 is 0 Å². The predicted molar refractivity (Wildman–Crippen MR) is 87.8 cm³/mol. The van der Waals surface area contributed by atoms with Crippen molar-refractivity contribution in [1.82, 2.24) is 0 Å². The molecule has 0 aliphatic carbocycles. The molecule has 3 N–H and O–H groups in total. The summed E-state index contributed by atoms with van der Waals surface area (Å²) in [5.74, 6) is -0.790. The summed E-state index contributed by atoms with van der Waals surface area (Å²) in [6, 6.07) is 6.29. The molecule has 0 fully saturated rings. The first-order chi connectivity index (χ1) is 9.59. The van der Waals surface area contributed by atoms with Crippen molar-refractivity contribution in [3.8, 4) is 0 Å². The highest BCUT2D eigenvalue weighted by Gasteiger charge is 2.31. The molecule has 3 nitrogen and oxygen atoms in total. The van der Waals surface area contributed by atoms with Crippen molar-refractivity contribution in [3.63, 3.8) is 0 Å². The van der Waals surface area contributed by atoms with Gasteiger partial charge in [-0.3, -0.25) is 4.79 Å². The lowest BCUT2D eigenvalue weighted by atomic mass is 9.78. The van der Waals surface area contributed by atoms with Gasteiger partial charge in [0, 0.05) is 0 Å². The molecule has 0 spiro atoms. The number of aliphatic carboxylic acids is 1. The molecule has 118 valence electrons. The minimum atomic E-state index is -0.871. The van der Waals surface area contributed by atoms with Gasteiger partial charge in [-0.15, -0.1) is 0 Å². The Bertz CT molecular complexity index is 498. The first-order valence-corrected chi connectivity index (χ1v) is 7.67. The third kappa shape index (κ3) is 4.57. The van der Waals surface area contributed by atoms with Crippen LogP contribution in [0.15, 0.2) is 18.2 Å². The van der Waals surface area contributed by atoms with E-state index in [-0.39, 0.29) is 5.41 Å². The molecule has 21 heavy (non-hydrogen) atoms. The van der Waals surface area contributed by atoms with Crippen molar-refractivity contribution < 1.29 is 9.90 Å². The number of carboxylic acid groups (broad SMARTS) is 1. The summed E-state index contributed by atoms with van der Waals surface area (Å²) in [6.45, 7) is 10.7. The molecule has 0 radical (unpaired) electrons. The second-order valence-corrected chi connectivity index (χ2v) is 7.34. The molecule has 0 aromatic heterocycles. The average molecular weight is 291 g/mol. The van der Waals surface area contributed by atoms with Crippen LogP contribution in [0.2, 0.25) is 0 Å². The Kier molecular flexibility index (Phi) is 5.57. The van der Waals surface area contributed by atoms with Crippen LogP contribution in [0.4, 0.5) is 0 Å². The predicted octanol–water partition coefficient (Wildman–Crippen LogP) is 3.63. The SMILES string of the molecule is CC(C)(C)c1cc(CCCCN)cc(C(C)(C)C(=O)O)c1. The summed E-state index contributed by atoms with van der Waals surface area (Å²) in [7, 11) is 0. The van der Waals surface area contributed by atoms with E-state index in [1.54, 1.807) is 13.8 Å². The molecule has 3 heteroatoms. The van der Waals surface area contributed by atoms with E-state index < -0.39 is 11.4 Å². The number of nitrogens with two attached hydrogens (primary N) is 1. The van der Waals surface area contributed by atoms with Crippen LogP contribution in [0.25, 0.3) is 0 Å². The van der Waals surface area contributed by atoms with Gasteiger partial charge < -0.3 is 10.8 Å². The van der Waals surface area contributed by atoms with Gasteiger partial charge in [0.1, 0.15) is 0 Å². The third-order valence-electron chi connectivity index (χ3n) is 4.03. The van der Waals surface area contributed by atoms with Gasteiger partial charge in [-0.2, -0.15) is 0 Å². The standard InChI is InChI=1S/C18H29NO2/c1-17(2,3)14-10-13(8-6-7-9-19)11-15(12-14)18(4,5)16(20)21/h10-12H,6-9,19H2,1-5H3,(H,20,21). The topological polar surface area (TPSA) is 63.3 Å². The molecule has 0 heterocycles. The number of aryl methyl sites for hydroxylation is 1. The maximum absolute atomic E-state index is 11.5. The zero-order chi connectivity index (χ0) is 16.3. The van der Waals surface area contributed by atoms with Gasteiger partial charge >= 0.3 is 5.97 Å². The fourth-order valence-electron chi connectivity index (χ4n) is 2.23. The van der Waals surface area contributed by atoms with E-state index in [9.17, 15) is 9.90 Å². The van der Waals surface area contributed by atoms with E-state index in [1.165, 1.54) is 11.1 Å². The number of rotatable bonds is 6. The van der Waals surface area contributed by atoms with Crippen LogP contribution in [0.1, 0.15) is 64.2 Å². The first-order valence-electron chi connectivity index (χ1n) is 7.67. The Morgan fingerprint density at radius 3 is 2.10 bits per heavy atom. The molecule has 0 saturated carbocycles.